The summed E-state index contributed by atoms with van der Waals surface area (Å²) in [5.41, 5.74) is 0.897. The first-order valence-electron chi connectivity index (χ1n) is 4.29. The molecule has 2 rings (SSSR count). The highest BCUT2D eigenvalue weighted by Crippen LogP contribution is 2.23. The Morgan fingerprint density at radius 3 is 2.86 bits per heavy atom. The number of rotatable bonds is 1. The minimum absolute atomic E-state index is 0.315. The minimum Gasteiger partial charge on any atom is -0.244 e. The molecule has 0 aliphatic heterocycles. The molecule has 3 nitrogen and oxygen atoms in total. The molecule has 2 aromatic heterocycles. The lowest BCUT2D eigenvalue weighted by atomic mass is 10.3. The molecule has 0 bridgehead atoms. The number of nitrogens with zero attached hydrogens (tertiary/aromatic N) is 3. The lowest BCUT2D eigenvalue weighted by Gasteiger charge is -2.05. The maximum absolute atomic E-state index is 5.88. The predicted octanol–water partition coefficient (Wildman–Crippen LogP) is 3.27. The number of aromatic nitrogens is 3. The lowest BCUT2D eigenvalue weighted by Crippen LogP contribution is -2.03. The molecule has 0 fully saturated rings. The first-order chi connectivity index (χ1) is 6.59. The van der Waals surface area contributed by atoms with Crippen LogP contribution >= 0.6 is 34.2 Å². The summed E-state index contributed by atoms with van der Waals surface area (Å²) in [6, 6.07) is 2.21. The van der Waals surface area contributed by atoms with Crippen molar-refractivity contribution in [3.05, 3.63) is 21.0 Å². The van der Waals surface area contributed by atoms with Crippen molar-refractivity contribution in [1.29, 1.82) is 0 Å². The van der Waals surface area contributed by atoms with Crippen molar-refractivity contribution in [3.8, 4) is 0 Å². The van der Waals surface area contributed by atoms with Crippen LogP contribution in [0.15, 0.2) is 12.3 Å². The summed E-state index contributed by atoms with van der Waals surface area (Å²) in [6.45, 7) is 4.16. The molecular formula is C9H9ClIN3. The molecule has 0 aromatic carbocycles. The van der Waals surface area contributed by atoms with Crippen LogP contribution in [0.3, 0.4) is 0 Å². The third kappa shape index (κ3) is 1.61. The van der Waals surface area contributed by atoms with Crippen LogP contribution < -0.4 is 0 Å². The second-order valence-electron chi connectivity index (χ2n) is 3.35. The van der Waals surface area contributed by atoms with E-state index in [1.54, 1.807) is 6.20 Å². The number of hydrogen-bond donors (Lipinski definition) is 0. The summed E-state index contributed by atoms with van der Waals surface area (Å²) in [5.74, 6) is 0. The Kier molecular flexibility index (Phi) is 2.66. The highest BCUT2D eigenvalue weighted by molar-refractivity contribution is 14.1. The fourth-order valence-corrected chi connectivity index (χ4v) is 2.11. The van der Waals surface area contributed by atoms with Gasteiger partial charge >= 0.3 is 0 Å². The zero-order valence-electron chi connectivity index (χ0n) is 7.83. The highest BCUT2D eigenvalue weighted by Gasteiger charge is 2.11. The third-order valence-electron chi connectivity index (χ3n) is 1.96. The summed E-state index contributed by atoms with van der Waals surface area (Å²) in [5, 5.41) is 6.08. The van der Waals surface area contributed by atoms with E-state index in [4.69, 9.17) is 11.6 Å². The predicted molar refractivity (Wildman–Crippen MR) is 65.6 cm³/mol. The van der Waals surface area contributed by atoms with Gasteiger partial charge in [-0.1, -0.05) is 11.6 Å². The SMILES string of the molecule is CC(C)n1nc(I)c2cc(Cl)cnc21. The Balaban J connectivity index is 2.77. The molecule has 0 atom stereocenters. The molecule has 0 radical (unpaired) electrons. The summed E-state index contributed by atoms with van der Waals surface area (Å²) in [7, 11) is 0. The van der Waals surface area contributed by atoms with Gasteiger partial charge < -0.3 is 0 Å². The van der Waals surface area contributed by atoms with Crippen molar-refractivity contribution < 1.29 is 0 Å². The van der Waals surface area contributed by atoms with Crippen molar-refractivity contribution in [2.75, 3.05) is 0 Å². The molecule has 0 saturated heterocycles. The molecule has 0 aliphatic rings. The zero-order chi connectivity index (χ0) is 10.3. The van der Waals surface area contributed by atoms with Crippen molar-refractivity contribution in [3.63, 3.8) is 0 Å². The number of pyridine rings is 1. The number of hydrogen-bond acceptors (Lipinski definition) is 2. The van der Waals surface area contributed by atoms with Crippen LogP contribution in [0.2, 0.25) is 5.02 Å². The van der Waals surface area contributed by atoms with E-state index < -0.39 is 0 Å². The van der Waals surface area contributed by atoms with Gasteiger partial charge in [0.25, 0.3) is 0 Å². The van der Waals surface area contributed by atoms with Gasteiger partial charge in [0, 0.05) is 12.2 Å². The van der Waals surface area contributed by atoms with Crippen LogP contribution in [0.25, 0.3) is 11.0 Å². The van der Waals surface area contributed by atoms with Crippen LogP contribution in [0.4, 0.5) is 0 Å². The van der Waals surface area contributed by atoms with Gasteiger partial charge in [-0.2, -0.15) is 5.10 Å². The standard InChI is InChI=1S/C9H9ClIN3/c1-5(2)14-9-7(8(11)13-14)3-6(10)4-12-9/h3-5H,1-2H3. The van der Waals surface area contributed by atoms with Gasteiger partial charge in [0.15, 0.2) is 5.65 Å². The van der Waals surface area contributed by atoms with Crippen LogP contribution in [-0.4, -0.2) is 14.8 Å². The second-order valence-corrected chi connectivity index (χ2v) is 4.81. The second kappa shape index (κ2) is 3.66. The molecular weight excluding hydrogens is 312 g/mol. The number of fused-ring (bicyclic) bond motifs is 1. The Labute approximate surface area is 101 Å². The van der Waals surface area contributed by atoms with Gasteiger partial charge in [-0.25, -0.2) is 9.67 Å². The molecule has 0 amide bonds. The maximum atomic E-state index is 5.88. The van der Waals surface area contributed by atoms with E-state index in [2.05, 4.69) is 46.5 Å². The molecule has 0 saturated carbocycles. The Bertz CT molecular complexity index is 478. The van der Waals surface area contributed by atoms with E-state index in [1.165, 1.54) is 0 Å². The van der Waals surface area contributed by atoms with E-state index in [0.717, 1.165) is 14.7 Å². The average Bonchev–Trinajstić information content (AvgIpc) is 2.44. The topological polar surface area (TPSA) is 30.7 Å². The fraction of sp³-hybridized carbons (Fsp3) is 0.333. The average molecular weight is 322 g/mol. The van der Waals surface area contributed by atoms with E-state index in [9.17, 15) is 0 Å². The molecule has 0 spiro atoms. The molecule has 0 unspecified atom stereocenters. The van der Waals surface area contributed by atoms with Gasteiger partial charge in [-0.15, -0.1) is 0 Å². The Morgan fingerprint density at radius 2 is 2.21 bits per heavy atom. The van der Waals surface area contributed by atoms with Crippen molar-refractivity contribution in [2.24, 2.45) is 0 Å². The van der Waals surface area contributed by atoms with E-state index in [-0.39, 0.29) is 0 Å². The minimum atomic E-state index is 0.315. The summed E-state index contributed by atoms with van der Waals surface area (Å²) in [4.78, 5) is 4.29. The molecule has 0 aliphatic carbocycles. The molecule has 2 aromatic rings. The Hall–Kier alpha value is -0.360. The summed E-state index contributed by atoms with van der Waals surface area (Å²) >= 11 is 8.07. The van der Waals surface area contributed by atoms with E-state index in [1.807, 2.05) is 10.7 Å². The Morgan fingerprint density at radius 1 is 1.50 bits per heavy atom. The van der Waals surface area contributed by atoms with Gasteiger partial charge in [0.2, 0.25) is 0 Å². The zero-order valence-corrected chi connectivity index (χ0v) is 10.7. The fourth-order valence-electron chi connectivity index (χ4n) is 1.32. The summed E-state index contributed by atoms with van der Waals surface area (Å²) in [6.07, 6.45) is 1.65. The first kappa shape index (κ1) is 10.2. The molecule has 14 heavy (non-hydrogen) atoms. The maximum Gasteiger partial charge on any atom is 0.159 e. The highest BCUT2D eigenvalue weighted by atomic mass is 127. The van der Waals surface area contributed by atoms with Gasteiger partial charge in [0.1, 0.15) is 3.70 Å². The van der Waals surface area contributed by atoms with Crippen LogP contribution in [-0.2, 0) is 0 Å². The van der Waals surface area contributed by atoms with Crippen LogP contribution in [0.1, 0.15) is 19.9 Å². The molecule has 0 N–H and O–H groups in total. The quantitative estimate of drug-likeness (QED) is 0.755. The molecule has 2 heterocycles. The third-order valence-corrected chi connectivity index (χ3v) is 2.96. The van der Waals surface area contributed by atoms with Crippen LogP contribution in [0.5, 0.6) is 0 Å². The monoisotopic (exact) mass is 321 g/mol. The first-order valence-corrected chi connectivity index (χ1v) is 5.74. The van der Waals surface area contributed by atoms with Crippen molar-refractivity contribution in [1.82, 2.24) is 14.8 Å². The lowest BCUT2D eigenvalue weighted by molar-refractivity contribution is 0.543. The largest absolute Gasteiger partial charge is 0.244 e. The van der Waals surface area contributed by atoms with Gasteiger partial charge in [-0.05, 0) is 42.5 Å². The van der Waals surface area contributed by atoms with E-state index >= 15 is 0 Å². The van der Waals surface area contributed by atoms with Crippen molar-refractivity contribution in [2.45, 2.75) is 19.9 Å². The van der Waals surface area contributed by atoms with Gasteiger partial charge in [-0.3, -0.25) is 0 Å². The smallest absolute Gasteiger partial charge is 0.159 e. The molecule has 74 valence electrons. The number of halogens is 2. The normalized spacial score (nSPS) is 11.5. The van der Waals surface area contributed by atoms with E-state index in [0.29, 0.717) is 11.1 Å². The van der Waals surface area contributed by atoms with Crippen molar-refractivity contribution >= 4 is 45.2 Å². The van der Waals surface area contributed by atoms with Gasteiger partial charge in [0.05, 0.1) is 10.4 Å². The van der Waals surface area contributed by atoms with Crippen LogP contribution in [0, 0.1) is 3.70 Å². The summed E-state index contributed by atoms with van der Waals surface area (Å²) < 4.78 is 2.86. The molecule has 5 heteroatoms.